The number of carbonyl (C=O) groups is 1. The van der Waals surface area contributed by atoms with Crippen LogP contribution in [0.1, 0.15) is 33.6 Å². The summed E-state index contributed by atoms with van der Waals surface area (Å²) in [4.78, 5) is 12.1. The number of carbonyl (C=O) groups excluding carboxylic acids is 1. The molecule has 0 aromatic carbocycles. The molecule has 0 saturated carbocycles. The van der Waals surface area contributed by atoms with Crippen molar-refractivity contribution in [1.82, 2.24) is 10.6 Å². The van der Waals surface area contributed by atoms with Crippen LogP contribution in [0.3, 0.4) is 0 Å². The predicted molar refractivity (Wildman–Crippen MR) is 70.8 cm³/mol. The Morgan fingerprint density at radius 1 is 1.50 bits per heavy atom. The summed E-state index contributed by atoms with van der Waals surface area (Å²) in [5.41, 5.74) is -0.156. The number of hydrogen-bond donors (Lipinski definition) is 2. The molecule has 1 amide bonds. The third-order valence-electron chi connectivity index (χ3n) is 3.20. The van der Waals surface area contributed by atoms with Crippen LogP contribution in [-0.2, 0) is 4.79 Å². The lowest BCUT2D eigenvalue weighted by atomic mass is 9.80. The average molecular weight is 244 g/mol. The summed E-state index contributed by atoms with van der Waals surface area (Å²) in [6, 6.07) is 0.282. The van der Waals surface area contributed by atoms with E-state index in [9.17, 15) is 4.79 Å². The van der Waals surface area contributed by atoms with Gasteiger partial charge < -0.3 is 10.6 Å². The molecule has 0 aliphatic carbocycles. The molecule has 1 fully saturated rings. The molecule has 0 spiro atoms. The van der Waals surface area contributed by atoms with Crippen LogP contribution in [0.25, 0.3) is 0 Å². The van der Waals surface area contributed by atoms with E-state index in [2.05, 4.69) is 31.4 Å². The summed E-state index contributed by atoms with van der Waals surface area (Å²) in [6.07, 6.45) is 1.90. The van der Waals surface area contributed by atoms with E-state index in [-0.39, 0.29) is 17.4 Å². The molecule has 0 aromatic heterocycles. The summed E-state index contributed by atoms with van der Waals surface area (Å²) >= 11 is 1.88. The Morgan fingerprint density at radius 2 is 2.12 bits per heavy atom. The molecule has 1 unspecified atom stereocenters. The van der Waals surface area contributed by atoms with E-state index in [4.69, 9.17) is 0 Å². The first-order valence-electron chi connectivity index (χ1n) is 6.18. The lowest BCUT2D eigenvalue weighted by Crippen LogP contribution is -2.48. The van der Waals surface area contributed by atoms with Crippen LogP contribution in [-0.4, -0.2) is 36.5 Å². The third-order valence-corrected chi connectivity index (χ3v) is 4.35. The van der Waals surface area contributed by atoms with E-state index < -0.39 is 0 Å². The van der Waals surface area contributed by atoms with Gasteiger partial charge in [-0.2, -0.15) is 11.8 Å². The van der Waals surface area contributed by atoms with Crippen molar-refractivity contribution in [2.24, 2.45) is 5.41 Å². The van der Waals surface area contributed by atoms with Crippen molar-refractivity contribution < 1.29 is 4.79 Å². The van der Waals surface area contributed by atoms with Gasteiger partial charge in [-0.15, -0.1) is 0 Å². The summed E-state index contributed by atoms with van der Waals surface area (Å²) in [5.74, 6) is 2.36. The van der Waals surface area contributed by atoms with Crippen molar-refractivity contribution in [1.29, 1.82) is 0 Å². The van der Waals surface area contributed by atoms with Crippen LogP contribution in [0.15, 0.2) is 0 Å². The minimum absolute atomic E-state index is 0.156. The van der Waals surface area contributed by atoms with Crippen molar-refractivity contribution in [3.05, 3.63) is 0 Å². The van der Waals surface area contributed by atoms with E-state index in [0.717, 1.165) is 37.4 Å². The summed E-state index contributed by atoms with van der Waals surface area (Å²) in [6.45, 7) is 8.24. The molecule has 1 heterocycles. The monoisotopic (exact) mass is 244 g/mol. The average Bonchev–Trinajstić information content (AvgIpc) is 2.27. The first-order valence-corrected chi connectivity index (χ1v) is 7.33. The molecule has 4 heteroatoms. The number of hydrogen-bond acceptors (Lipinski definition) is 3. The topological polar surface area (TPSA) is 41.1 Å². The summed E-state index contributed by atoms with van der Waals surface area (Å²) in [7, 11) is 0. The number of thioether (sulfide) groups is 1. The molecule has 1 aliphatic heterocycles. The van der Waals surface area contributed by atoms with Crippen LogP contribution < -0.4 is 10.6 Å². The second-order valence-corrected chi connectivity index (χ2v) is 6.16. The molecule has 3 nitrogen and oxygen atoms in total. The summed E-state index contributed by atoms with van der Waals surface area (Å²) in [5, 5.41) is 6.44. The Morgan fingerprint density at radius 3 is 2.69 bits per heavy atom. The highest BCUT2D eigenvalue weighted by Gasteiger charge is 2.34. The zero-order valence-corrected chi connectivity index (χ0v) is 11.5. The van der Waals surface area contributed by atoms with Gasteiger partial charge in [0.15, 0.2) is 0 Å². The van der Waals surface area contributed by atoms with Crippen LogP contribution in [0.4, 0.5) is 0 Å². The van der Waals surface area contributed by atoms with Crippen LogP contribution >= 0.6 is 11.8 Å². The van der Waals surface area contributed by atoms with Gasteiger partial charge in [0, 0.05) is 17.2 Å². The van der Waals surface area contributed by atoms with Gasteiger partial charge in [-0.05, 0) is 38.6 Å². The molecule has 2 N–H and O–H groups in total. The molecule has 1 rings (SSSR count). The molecule has 1 atom stereocenters. The largest absolute Gasteiger partial charge is 0.352 e. The quantitative estimate of drug-likeness (QED) is 0.772. The Balaban J connectivity index is 2.38. The van der Waals surface area contributed by atoms with E-state index in [1.54, 1.807) is 0 Å². The van der Waals surface area contributed by atoms with Gasteiger partial charge in [-0.25, -0.2) is 0 Å². The molecular weight excluding hydrogens is 220 g/mol. The number of nitrogens with one attached hydrogen (secondary N) is 2. The van der Waals surface area contributed by atoms with E-state index >= 15 is 0 Å². The van der Waals surface area contributed by atoms with Crippen molar-refractivity contribution in [2.45, 2.75) is 39.7 Å². The molecule has 0 aromatic rings. The van der Waals surface area contributed by atoms with Gasteiger partial charge >= 0.3 is 0 Å². The van der Waals surface area contributed by atoms with Gasteiger partial charge in [-0.1, -0.05) is 13.8 Å². The highest BCUT2D eigenvalue weighted by Crippen LogP contribution is 2.28. The van der Waals surface area contributed by atoms with Gasteiger partial charge in [0.05, 0.1) is 0 Å². The van der Waals surface area contributed by atoms with E-state index in [1.807, 2.05) is 11.8 Å². The second kappa shape index (κ2) is 6.50. The minimum Gasteiger partial charge on any atom is -0.352 e. The summed E-state index contributed by atoms with van der Waals surface area (Å²) < 4.78 is 0. The molecular formula is C12H24N2OS. The maximum absolute atomic E-state index is 12.1. The second-order valence-electron chi connectivity index (χ2n) is 4.84. The Labute approximate surface area is 103 Å². The Kier molecular flexibility index (Phi) is 5.62. The highest BCUT2D eigenvalue weighted by atomic mass is 32.2. The van der Waals surface area contributed by atoms with Crippen molar-refractivity contribution in [3.63, 3.8) is 0 Å². The van der Waals surface area contributed by atoms with Crippen LogP contribution in [0, 0.1) is 5.41 Å². The number of piperidine rings is 1. The van der Waals surface area contributed by atoms with Crippen molar-refractivity contribution in [2.75, 3.05) is 24.6 Å². The van der Waals surface area contributed by atoms with Gasteiger partial charge in [-0.3, -0.25) is 4.79 Å². The Bertz CT molecular complexity index is 227. The molecule has 16 heavy (non-hydrogen) atoms. The maximum Gasteiger partial charge on any atom is 0.226 e. The smallest absolute Gasteiger partial charge is 0.226 e. The zero-order valence-electron chi connectivity index (χ0n) is 10.6. The Hall–Kier alpha value is -0.220. The molecule has 0 bridgehead atoms. The fourth-order valence-corrected chi connectivity index (χ4v) is 2.61. The number of rotatable bonds is 5. The normalized spacial score (nSPS) is 21.4. The fourth-order valence-electron chi connectivity index (χ4n) is 1.94. The zero-order chi connectivity index (χ0) is 12.0. The fraction of sp³-hybridized carbons (Fsp3) is 0.917. The lowest BCUT2D eigenvalue weighted by molar-refractivity contribution is -0.132. The van der Waals surface area contributed by atoms with E-state index in [0.29, 0.717) is 0 Å². The van der Waals surface area contributed by atoms with Crippen LogP contribution in [0.2, 0.25) is 0 Å². The SMILES string of the molecule is CCSCC(C)NC(=O)C1(C)CCNCC1. The van der Waals surface area contributed by atoms with Crippen molar-refractivity contribution >= 4 is 17.7 Å². The molecule has 94 valence electrons. The predicted octanol–water partition coefficient (Wildman–Crippen LogP) is 1.63. The van der Waals surface area contributed by atoms with E-state index in [1.165, 1.54) is 0 Å². The highest BCUT2D eigenvalue weighted by molar-refractivity contribution is 7.99. The third kappa shape index (κ3) is 3.98. The van der Waals surface area contributed by atoms with Gasteiger partial charge in [0.25, 0.3) is 0 Å². The van der Waals surface area contributed by atoms with Gasteiger partial charge in [0.2, 0.25) is 5.91 Å². The first-order chi connectivity index (χ1) is 7.58. The van der Waals surface area contributed by atoms with Crippen molar-refractivity contribution in [3.8, 4) is 0 Å². The number of amides is 1. The molecule has 1 saturated heterocycles. The molecule has 0 radical (unpaired) electrons. The van der Waals surface area contributed by atoms with Gasteiger partial charge in [0.1, 0.15) is 0 Å². The lowest BCUT2D eigenvalue weighted by Gasteiger charge is -2.33. The van der Waals surface area contributed by atoms with Crippen LogP contribution in [0.5, 0.6) is 0 Å². The molecule has 1 aliphatic rings. The maximum atomic E-state index is 12.1. The minimum atomic E-state index is -0.156. The standard InChI is InChI=1S/C12H24N2OS/c1-4-16-9-10(2)14-11(15)12(3)5-7-13-8-6-12/h10,13H,4-9H2,1-3H3,(H,14,15). The first kappa shape index (κ1) is 13.8.